The van der Waals surface area contributed by atoms with E-state index in [4.69, 9.17) is 4.74 Å². The summed E-state index contributed by atoms with van der Waals surface area (Å²) in [5, 5.41) is 5.58. The lowest BCUT2D eigenvalue weighted by Crippen LogP contribution is -2.41. The average Bonchev–Trinajstić information content (AvgIpc) is 2.58. The molecule has 0 unspecified atom stereocenters. The minimum Gasteiger partial charge on any atom is -0.497 e. The van der Waals surface area contributed by atoms with E-state index in [-0.39, 0.29) is 11.8 Å². The number of hydrogen-bond acceptors (Lipinski definition) is 3. The number of carbonyl (C=O) groups excluding carboxylic acids is 2. The maximum atomic E-state index is 12.6. The summed E-state index contributed by atoms with van der Waals surface area (Å²) in [6, 6.07) is 12.6. The molecule has 25 heavy (non-hydrogen) atoms. The molecule has 0 atom stereocenters. The summed E-state index contributed by atoms with van der Waals surface area (Å²) in [4.78, 5) is 25.1. The topological polar surface area (TPSA) is 67.4 Å². The van der Waals surface area contributed by atoms with Crippen LogP contribution in [-0.4, -0.2) is 18.9 Å². The van der Waals surface area contributed by atoms with Gasteiger partial charge in [-0.2, -0.15) is 0 Å². The lowest BCUT2D eigenvalue weighted by atomic mass is 9.90. The Bertz CT molecular complexity index is 780. The van der Waals surface area contributed by atoms with Crippen LogP contribution in [0.5, 0.6) is 5.75 Å². The lowest BCUT2D eigenvalue weighted by molar-refractivity contribution is -0.135. The molecule has 0 spiro atoms. The Morgan fingerprint density at radius 2 is 1.36 bits per heavy atom. The molecule has 2 amide bonds. The number of methoxy groups -OCH3 is 1. The van der Waals surface area contributed by atoms with Crippen LogP contribution in [0, 0.1) is 19.3 Å². The van der Waals surface area contributed by atoms with Gasteiger partial charge >= 0.3 is 0 Å². The second-order valence-electron chi connectivity index (χ2n) is 6.56. The molecule has 132 valence electrons. The highest BCUT2D eigenvalue weighted by Gasteiger charge is 2.36. The highest BCUT2D eigenvalue weighted by atomic mass is 16.5. The molecule has 0 aliphatic carbocycles. The first-order valence-electron chi connectivity index (χ1n) is 8.08. The maximum Gasteiger partial charge on any atom is 0.239 e. The third kappa shape index (κ3) is 4.38. The van der Waals surface area contributed by atoms with Crippen molar-refractivity contribution in [3.8, 4) is 5.75 Å². The van der Waals surface area contributed by atoms with E-state index in [1.54, 1.807) is 45.2 Å². The van der Waals surface area contributed by atoms with Crippen LogP contribution in [0.4, 0.5) is 11.4 Å². The molecule has 2 aromatic carbocycles. The Hall–Kier alpha value is -2.82. The van der Waals surface area contributed by atoms with Crippen LogP contribution in [-0.2, 0) is 9.59 Å². The van der Waals surface area contributed by atoms with Gasteiger partial charge in [-0.05, 0) is 75.2 Å². The monoisotopic (exact) mass is 340 g/mol. The van der Waals surface area contributed by atoms with Crippen molar-refractivity contribution in [1.82, 2.24) is 0 Å². The fourth-order valence-corrected chi connectivity index (χ4v) is 2.17. The van der Waals surface area contributed by atoms with Crippen LogP contribution in [0.1, 0.15) is 25.0 Å². The van der Waals surface area contributed by atoms with Crippen molar-refractivity contribution >= 4 is 23.2 Å². The summed E-state index contributed by atoms with van der Waals surface area (Å²) in [6.07, 6.45) is 0. The third-order valence-electron chi connectivity index (χ3n) is 4.25. The van der Waals surface area contributed by atoms with Gasteiger partial charge in [-0.1, -0.05) is 6.07 Å². The molecule has 2 N–H and O–H groups in total. The van der Waals surface area contributed by atoms with Gasteiger partial charge in [0.1, 0.15) is 11.2 Å². The first kappa shape index (κ1) is 18.5. The predicted molar refractivity (Wildman–Crippen MR) is 100.0 cm³/mol. The molecule has 0 saturated carbocycles. The fourth-order valence-electron chi connectivity index (χ4n) is 2.17. The van der Waals surface area contributed by atoms with Crippen molar-refractivity contribution in [3.05, 3.63) is 53.6 Å². The Morgan fingerprint density at radius 3 is 1.88 bits per heavy atom. The summed E-state index contributed by atoms with van der Waals surface area (Å²) < 4.78 is 5.09. The molecule has 0 radical (unpaired) electrons. The van der Waals surface area contributed by atoms with Crippen LogP contribution in [0.15, 0.2) is 42.5 Å². The van der Waals surface area contributed by atoms with Crippen LogP contribution in [0.2, 0.25) is 0 Å². The van der Waals surface area contributed by atoms with Crippen LogP contribution >= 0.6 is 0 Å². The minimum absolute atomic E-state index is 0.359. The number of ether oxygens (including phenoxy) is 1. The van der Waals surface area contributed by atoms with Gasteiger partial charge in [0.05, 0.1) is 7.11 Å². The zero-order valence-electron chi connectivity index (χ0n) is 15.3. The van der Waals surface area contributed by atoms with Gasteiger partial charge in [-0.25, -0.2) is 0 Å². The first-order chi connectivity index (χ1) is 11.7. The van der Waals surface area contributed by atoms with Crippen molar-refractivity contribution in [3.63, 3.8) is 0 Å². The molecule has 0 aromatic heterocycles. The number of amides is 2. The molecular formula is C20H24N2O3. The van der Waals surface area contributed by atoms with Gasteiger partial charge in [0.15, 0.2) is 0 Å². The minimum atomic E-state index is -1.22. The summed E-state index contributed by atoms with van der Waals surface area (Å²) >= 11 is 0. The summed E-state index contributed by atoms with van der Waals surface area (Å²) in [6.45, 7) is 7.18. The zero-order valence-corrected chi connectivity index (χ0v) is 15.3. The summed E-state index contributed by atoms with van der Waals surface area (Å²) in [5.41, 5.74) is 2.29. The van der Waals surface area contributed by atoms with E-state index in [0.29, 0.717) is 17.1 Å². The van der Waals surface area contributed by atoms with Crippen LogP contribution in [0.3, 0.4) is 0 Å². The van der Waals surface area contributed by atoms with Gasteiger partial charge < -0.3 is 15.4 Å². The molecule has 2 rings (SSSR count). The van der Waals surface area contributed by atoms with Crippen molar-refractivity contribution in [2.45, 2.75) is 27.7 Å². The van der Waals surface area contributed by atoms with Crippen molar-refractivity contribution in [1.29, 1.82) is 0 Å². The normalized spacial score (nSPS) is 10.9. The molecule has 5 nitrogen and oxygen atoms in total. The second kappa shape index (κ2) is 7.38. The molecule has 0 heterocycles. The Balaban J connectivity index is 2.08. The third-order valence-corrected chi connectivity index (χ3v) is 4.25. The number of nitrogens with one attached hydrogen (secondary N) is 2. The number of hydrogen-bond donors (Lipinski definition) is 2. The van der Waals surface area contributed by atoms with E-state index in [2.05, 4.69) is 10.6 Å². The number of carbonyl (C=O) groups is 2. The Kier molecular flexibility index (Phi) is 5.47. The molecule has 5 heteroatoms. The number of benzene rings is 2. The van der Waals surface area contributed by atoms with E-state index in [1.807, 2.05) is 32.0 Å². The standard InChI is InChI=1S/C20H24N2O3/c1-13-6-7-16(12-14(13)2)22-19(24)20(3,4)18(23)21-15-8-10-17(25-5)11-9-15/h6-12H,1-5H3,(H,21,23)(H,22,24). The maximum absolute atomic E-state index is 12.6. The zero-order chi connectivity index (χ0) is 18.6. The largest absolute Gasteiger partial charge is 0.497 e. The molecule has 0 bridgehead atoms. The highest BCUT2D eigenvalue weighted by molar-refractivity contribution is 6.14. The van der Waals surface area contributed by atoms with Crippen molar-refractivity contribution in [2.75, 3.05) is 17.7 Å². The number of anilines is 2. The van der Waals surface area contributed by atoms with Gasteiger partial charge in [-0.3, -0.25) is 9.59 Å². The average molecular weight is 340 g/mol. The lowest BCUT2D eigenvalue weighted by Gasteiger charge is -2.23. The summed E-state index contributed by atoms with van der Waals surface area (Å²) in [5.74, 6) is -0.0366. The highest BCUT2D eigenvalue weighted by Crippen LogP contribution is 2.23. The fraction of sp³-hybridized carbons (Fsp3) is 0.300. The molecular weight excluding hydrogens is 316 g/mol. The van der Waals surface area contributed by atoms with Gasteiger partial charge in [-0.15, -0.1) is 0 Å². The molecule has 2 aromatic rings. The van der Waals surface area contributed by atoms with E-state index in [0.717, 1.165) is 11.1 Å². The van der Waals surface area contributed by atoms with Crippen LogP contribution in [0.25, 0.3) is 0 Å². The second-order valence-corrected chi connectivity index (χ2v) is 6.56. The quantitative estimate of drug-likeness (QED) is 0.811. The predicted octanol–water partition coefficient (Wildman–Crippen LogP) is 3.92. The van der Waals surface area contributed by atoms with Crippen molar-refractivity contribution in [2.24, 2.45) is 5.41 Å². The number of aryl methyl sites for hydroxylation is 2. The first-order valence-corrected chi connectivity index (χ1v) is 8.08. The Morgan fingerprint density at radius 1 is 0.840 bits per heavy atom. The molecule has 0 aliphatic heterocycles. The Labute approximate surface area is 148 Å². The van der Waals surface area contributed by atoms with E-state index >= 15 is 0 Å². The van der Waals surface area contributed by atoms with Crippen molar-refractivity contribution < 1.29 is 14.3 Å². The van der Waals surface area contributed by atoms with Gasteiger partial charge in [0.2, 0.25) is 11.8 Å². The van der Waals surface area contributed by atoms with Gasteiger partial charge in [0.25, 0.3) is 0 Å². The van der Waals surface area contributed by atoms with E-state index in [1.165, 1.54) is 0 Å². The molecule has 0 saturated heterocycles. The summed E-state index contributed by atoms with van der Waals surface area (Å²) in [7, 11) is 1.58. The molecule has 0 fully saturated rings. The number of rotatable bonds is 5. The SMILES string of the molecule is COc1ccc(NC(=O)C(C)(C)C(=O)Nc2ccc(C)c(C)c2)cc1. The molecule has 0 aliphatic rings. The van der Waals surface area contributed by atoms with E-state index < -0.39 is 5.41 Å². The van der Waals surface area contributed by atoms with E-state index in [9.17, 15) is 9.59 Å². The smallest absolute Gasteiger partial charge is 0.239 e. The van der Waals surface area contributed by atoms with Gasteiger partial charge in [0, 0.05) is 11.4 Å². The van der Waals surface area contributed by atoms with Crippen LogP contribution < -0.4 is 15.4 Å².